The van der Waals surface area contributed by atoms with Gasteiger partial charge in [0.05, 0.1) is 17.9 Å². The minimum atomic E-state index is -4.05. The number of allylic oxidation sites excluding steroid dienone is 4. The highest BCUT2D eigenvalue weighted by atomic mass is 32.2. The molecule has 1 aliphatic carbocycles. The minimum absolute atomic E-state index is 0.270. The van der Waals surface area contributed by atoms with Gasteiger partial charge in [0.1, 0.15) is 17.0 Å². The third kappa shape index (κ3) is 12.0. The molecule has 8 nitrogen and oxygen atoms in total. The summed E-state index contributed by atoms with van der Waals surface area (Å²) in [4.78, 5) is 24.2. The Hall–Kier alpha value is -2.29. The third-order valence-electron chi connectivity index (χ3n) is 3.19. The first-order valence-corrected chi connectivity index (χ1v) is 10.8. The Morgan fingerprint density at radius 1 is 1.14 bits per heavy atom. The van der Waals surface area contributed by atoms with Crippen LogP contribution in [-0.4, -0.2) is 37.7 Å². The van der Waals surface area contributed by atoms with Gasteiger partial charge in [-0.05, 0) is 60.1 Å². The van der Waals surface area contributed by atoms with Crippen molar-refractivity contribution in [3.63, 3.8) is 0 Å². The van der Waals surface area contributed by atoms with E-state index in [0.717, 1.165) is 5.41 Å². The van der Waals surface area contributed by atoms with Crippen LogP contribution < -0.4 is 5.32 Å². The standard InChI is InChI=1S/C20H31NO7S/c1-19(2,3)26-17(22)14-15(21-18(23)27-20(4,5)6)12-13-29(24,25)28-16-10-8-7-9-11-16/h7-8,10,12-13,15H,9,11,14H2,1-6H3,(H,21,23)/b13-12+/t15-/m1/s1. The molecular formula is C20H31NO7S. The smallest absolute Gasteiger partial charge is 0.408 e. The second-order valence-corrected chi connectivity index (χ2v) is 9.97. The number of esters is 1. The number of rotatable bonds is 7. The van der Waals surface area contributed by atoms with Gasteiger partial charge >= 0.3 is 22.2 Å². The van der Waals surface area contributed by atoms with Gasteiger partial charge in [-0.25, -0.2) is 4.79 Å². The van der Waals surface area contributed by atoms with Crippen molar-refractivity contribution in [2.24, 2.45) is 0 Å². The topological polar surface area (TPSA) is 108 Å². The van der Waals surface area contributed by atoms with E-state index >= 15 is 0 Å². The van der Waals surface area contributed by atoms with Crippen molar-refractivity contribution in [3.8, 4) is 0 Å². The normalized spacial score (nSPS) is 16.1. The van der Waals surface area contributed by atoms with E-state index in [1.54, 1.807) is 53.7 Å². The molecule has 0 aromatic carbocycles. The molecule has 0 aliphatic heterocycles. The van der Waals surface area contributed by atoms with Gasteiger partial charge in [0.2, 0.25) is 0 Å². The van der Waals surface area contributed by atoms with Gasteiger partial charge in [0, 0.05) is 6.42 Å². The van der Waals surface area contributed by atoms with Crippen molar-refractivity contribution in [1.29, 1.82) is 0 Å². The molecule has 0 saturated heterocycles. The Labute approximate surface area is 173 Å². The number of hydrogen-bond acceptors (Lipinski definition) is 7. The molecule has 0 fully saturated rings. The predicted molar refractivity (Wildman–Crippen MR) is 109 cm³/mol. The Morgan fingerprint density at radius 3 is 2.28 bits per heavy atom. The number of alkyl carbamates (subject to hydrolysis) is 1. The Bertz CT molecular complexity index is 751. The Balaban J connectivity index is 2.89. The largest absolute Gasteiger partial charge is 0.460 e. The molecule has 0 bridgehead atoms. The average Bonchev–Trinajstić information content (AvgIpc) is 2.49. The van der Waals surface area contributed by atoms with Crippen LogP contribution in [0.1, 0.15) is 60.8 Å². The SMILES string of the molecule is CC(C)(C)OC(=O)C[C@@H](/C=C/S(=O)(=O)OC1=CC=CCC1)NC(=O)OC(C)(C)C. The van der Waals surface area contributed by atoms with Gasteiger partial charge in [-0.1, -0.05) is 12.2 Å². The predicted octanol–water partition coefficient (Wildman–Crippen LogP) is 3.71. The van der Waals surface area contributed by atoms with E-state index in [9.17, 15) is 18.0 Å². The van der Waals surface area contributed by atoms with Gasteiger partial charge in [0.25, 0.3) is 0 Å². The maximum absolute atomic E-state index is 12.2. The zero-order valence-corrected chi connectivity index (χ0v) is 18.7. The molecule has 1 rings (SSSR count). The minimum Gasteiger partial charge on any atom is -0.460 e. The van der Waals surface area contributed by atoms with Gasteiger partial charge in [-0.2, -0.15) is 8.42 Å². The first-order valence-electron chi connectivity index (χ1n) is 9.35. The van der Waals surface area contributed by atoms with Crippen molar-refractivity contribution in [3.05, 3.63) is 35.5 Å². The summed E-state index contributed by atoms with van der Waals surface area (Å²) in [5.74, 6) is -0.275. The van der Waals surface area contributed by atoms with Crippen LogP contribution >= 0.6 is 0 Å². The summed E-state index contributed by atoms with van der Waals surface area (Å²) in [5.41, 5.74) is -1.46. The summed E-state index contributed by atoms with van der Waals surface area (Å²) in [7, 11) is -4.05. The summed E-state index contributed by atoms with van der Waals surface area (Å²) in [6.45, 7) is 10.2. The Morgan fingerprint density at radius 2 is 1.76 bits per heavy atom. The molecule has 0 saturated carbocycles. The van der Waals surface area contributed by atoms with Crippen molar-refractivity contribution in [2.45, 2.75) is 78.0 Å². The van der Waals surface area contributed by atoms with Crippen LogP contribution in [0.3, 0.4) is 0 Å². The van der Waals surface area contributed by atoms with Crippen LogP contribution in [0.4, 0.5) is 4.79 Å². The molecular weight excluding hydrogens is 398 g/mol. The summed E-state index contributed by atoms with van der Waals surface area (Å²) in [6.07, 6.45) is 6.47. The van der Waals surface area contributed by atoms with Crippen molar-refractivity contribution < 1.29 is 31.7 Å². The highest BCUT2D eigenvalue weighted by Crippen LogP contribution is 2.17. The van der Waals surface area contributed by atoms with Crippen LogP contribution in [0.5, 0.6) is 0 Å². The van der Waals surface area contributed by atoms with Crippen LogP contribution in [0.15, 0.2) is 35.5 Å². The molecule has 29 heavy (non-hydrogen) atoms. The molecule has 1 amide bonds. The molecule has 1 aliphatic rings. The Kier molecular flexibility index (Phi) is 8.50. The van der Waals surface area contributed by atoms with E-state index < -0.39 is 39.4 Å². The molecule has 0 spiro atoms. The van der Waals surface area contributed by atoms with Crippen molar-refractivity contribution in [1.82, 2.24) is 5.32 Å². The molecule has 9 heteroatoms. The molecule has 0 radical (unpaired) electrons. The first kappa shape index (κ1) is 24.7. The van der Waals surface area contributed by atoms with Crippen molar-refractivity contribution >= 4 is 22.2 Å². The summed E-state index contributed by atoms with van der Waals surface area (Å²) in [6, 6.07) is -0.960. The van der Waals surface area contributed by atoms with E-state index in [1.165, 1.54) is 6.08 Å². The van der Waals surface area contributed by atoms with Gasteiger partial charge in [-0.3, -0.25) is 4.79 Å². The number of amides is 1. The fourth-order valence-electron chi connectivity index (χ4n) is 2.21. The van der Waals surface area contributed by atoms with Crippen molar-refractivity contribution in [2.75, 3.05) is 0 Å². The molecule has 1 atom stereocenters. The van der Waals surface area contributed by atoms with E-state index in [1.807, 2.05) is 6.08 Å². The second kappa shape index (κ2) is 9.96. The molecule has 0 aromatic rings. The van der Waals surface area contributed by atoms with E-state index in [0.29, 0.717) is 18.6 Å². The fraction of sp³-hybridized carbons (Fsp3) is 0.600. The van der Waals surface area contributed by atoms with Crippen LogP contribution in [0, 0.1) is 0 Å². The maximum Gasteiger partial charge on any atom is 0.408 e. The average molecular weight is 430 g/mol. The second-order valence-electron chi connectivity index (χ2n) is 8.55. The molecule has 1 N–H and O–H groups in total. The number of nitrogens with one attached hydrogen (secondary N) is 1. The van der Waals surface area contributed by atoms with Gasteiger partial charge in [0.15, 0.2) is 0 Å². The van der Waals surface area contributed by atoms with Crippen LogP contribution in [0.2, 0.25) is 0 Å². The van der Waals surface area contributed by atoms with Crippen LogP contribution in [-0.2, 0) is 28.6 Å². The quantitative estimate of drug-likeness (QED) is 0.485. The van der Waals surface area contributed by atoms with E-state index in [2.05, 4.69) is 5.32 Å². The van der Waals surface area contributed by atoms with E-state index in [-0.39, 0.29) is 6.42 Å². The zero-order chi connectivity index (χ0) is 22.3. The van der Waals surface area contributed by atoms with Gasteiger partial charge in [-0.15, -0.1) is 0 Å². The summed E-state index contributed by atoms with van der Waals surface area (Å²) in [5, 5.41) is 3.29. The number of carbonyl (C=O) groups is 2. The monoisotopic (exact) mass is 429 g/mol. The van der Waals surface area contributed by atoms with Gasteiger partial charge < -0.3 is 19.0 Å². The molecule has 0 unspecified atom stereocenters. The number of ether oxygens (including phenoxy) is 2. The van der Waals surface area contributed by atoms with Crippen LogP contribution in [0.25, 0.3) is 0 Å². The lowest BCUT2D eigenvalue weighted by molar-refractivity contribution is -0.155. The lowest BCUT2D eigenvalue weighted by Gasteiger charge is -2.23. The lowest BCUT2D eigenvalue weighted by Crippen LogP contribution is -2.40. The molecule has 164 valence electrons. The number of hydrogen-bond donors (Lipinski definition) is 1. The van der Waals surface area contributed by atoms with E-state index in [4.69, 9.17) is 13.7 Å². The third-order valence-corrected chi connectivity index (χ3v) is 4.12. The number of carbonyl (C=O) groups excluding carboxylic acids is 2. The molecule has 0 aromatic heterocycles. The highest BCUT2D eigenvalue weighted by Gasteiger charge is 2.24. The lowest BCUT2D eigenvalue weighted by atomic mass is 10.1. The first-order chi connectivity index (χ1) is 13.2. The summed E-state index contributed by atoms with van der Waals surface area (Å²) < 4.78 is 39.8. The maximum atomic E-state index is 12.2. The fourth-order valence-corrected chi connectivity index (χ4v) is 3.08. The molecule has 0 heterocycles. The zero-order valence-electron chi connectivity index (χ0n) is 17.9. The highest BCUT2D eigenvalue weighted by molar-refractivity contribution is 7.89. The summed E-state index contributed by atoms with van der Waals surface area (Å²) >= 11 is 0.